The number of hydrogen-bond donors (Lipinski definition) is 2. The number of phenolic OH excluding ortho intramolecular Hbond substituents is 1. The van der Waals surface area contributed by atoms with E-state index in [1.54, 1.807) is 28.8 Å². The molecule has 7 nitrogen and oxygen atoms in total. The van der Waals surface area contributed by atoms with Crippen LogP contribution in [-0.2, 0) is 28.3 Å². The van der Waals surface area contributed by atoms with Gasteiger partial charge in [-0.1, -0.05) is 19.6 Å². The van der Waals surface area contributed by atoms with Crippen LogP contribution in [-0.4, -0.2) is 33.8 Å². The minimum atomic E-state index is -1.90. The Morgan fingerprint density at radius 1 is 1.16 bits per heavy atom. The number of aromatic hydroxyl groups is 1. The Bertz CT molecular complexity index is 1340. The summed E-state index contributed by atoms with van der Waals surface area (Å²) >= 11 is 0. The first-order chi connectivity index (χ1) is 14.0. The summed E-state index contributed by atoms with van der Waals surface area (Å²) in [5.41, 5.74) is 1.43. The third-order valence-electron chi connectivity index (χ3n) is 6.05. The zero-order chi connectivity index (χ0) is 21.6. The van der Waals surface area contributed by atoms with E-state index in [9.17, 15) is 19.8 Å². The molecule has 2 aromatic heterocycles. The second-order valence-corrected chi connectivity index (χ2v) is 14.2. The first-order valence-corrected chi connectivity index (χ1v) is 13.3. The summed E-state index contributed by atoms with van der Waals surface area (Å²) in [4.78, 5) is 30.2. The third-order valence-corrected chi connectivity index (χ3v) is 8.12. The quantitative estimate of drug-likeness (QED) is 0.242. The largest absolute Gasteiger partial charge is 0.508 e. The van der Waals surface area contributed by atoms with Gasteiger partial charge in [0.25, 0.3) is 5.56 Å². The van der Waals surface area contributed by atoms with Crippen molar-refractivity contribution in [2.45, 2.75) is 45.3 Å². The van der Waals surface area contributed by atoms with E-state index < -0.39 is 19.6 Å². The maximum absolute atomic E-state index is 13.3. The van der Waals surface area contributed by atoms with E-state index in [-0.39, 0.29) is 67.5 Å². The molecule has 2 aliphatic heterocycles. The second-order valence-electron chi connectivity index (χ2n) is 9.23. The number of rotatable bonds is 1. The molecule has 0 unspecified atom stereocenters. The summed E-state index contributed by atoms with van der Waals surface area (Å²) in [7, 11) is -1.90. The van der Waals surface area contributed by atoms with Gasteiger partial charge in [-0.3, -0.25) is 4.79 Å². The normalized spacial score (nSPS) is 19.3. The van der Waals surface area contributed by atoms with Crippen LogP contribution in [0.2, 0.25) is 19.6 Å². The number of ether oxygens (including phenoxy) is 1. The fourth-order valence-electron chi connectivity index (χ4n) is 4.68. The van der Waals surface area contributed by atoms with Crippen molar-refractivity contribution >= 4 is 30.1 Å². The number of carbonyl (C=O) groups excluding carboxylic acids is 1. The first kappa shape index (κ1) is 22.7. The van der Waals surface area contributed by atoms with Gasteiger partial charge in [-0.25, -0.2) is 9.78 Å². The van der Waals surface area contributed by atoms with E-state index in [0.29, 0.717) is 23.5 Å². The Morgan fingerprint density at radius 2 is 1.87 bits per heavy atom. The molecule has 0 spiro atoms. The fourth-order valence-corrected chi connectivity index (χ4v) is 6.79. The molecule has 0 amide bonds. The van der Waals surface area contributed by atoms with Gasteiger partial charge in [-0.15, -0.1) is 0 Å². The number of phenols is 1. The number of aliphatic hydroxyl groups is 1. The van der Waals surface area contributed by atoms with Crippen LogP contribution < -0.4 is 10.7 Å². The topological polar surface area (TPSA) is 102 Å². The van der Waals surface area contributed by atoms with Gasteiger partial charge in [-0.2, -0.15) is 0 Å². The molecule has 31 heavy (non-hydrogen) atoms. The molecule has 0 saturated heterocycles. The predicted molar refractivity (Wildman–Crippen MR) is 115 cm³/mol. The van der Waals surface area contributed by atoms with Crippen molar-refractivity contribution in [3.05, 3.63) is 51.3 Å². The van der Waals surface area contributed by atoms with E-state index in [4.69, 9.17) is 9.72 Å². The van der Waals surface area contributed by atoms with E-state index in [0.717, 1.165) is 21.7 Å². The number of benzene rings is 1. The van der Waals surface area contributed by atoms with Gasteiger partial charge in [0.05, 0.1) is 37.1 Å². The Hall–Kier alpha value is -1.53. The van der Waals surface area contributed by atoms with Gasteiger partial charge >= 0.3 is 5.97 Å². The number of nitrogens with zero attached hydrogens (tertiary/aromatic N) is 2. The number of aromatic nitrogens is 2. The maximum Gasteiger partial charge on any atom is 0.342 e. The number of hydrogen-bond acceptors (Lipinski definition) is 6. The number of esters is 1. The van der Waals surface area contributed by atoms with Gasteiger partial charge in [0.1, 0.15) is 12.4 Å². The van der Waals surface area contributed by atoms with Crippen LogP contribution in [0.4, 0.5) is 0 Å². The van der Waals surface area contributed by atoms with Crippen molar-refractivity contribution in [3.8, 4) is 17.1 Å². The monoisotopic (exact) mass is 649 g/mol. The molecule has 2 aliphatic rings. The van der Waals surface area contributed by atoms with Crippen LogP contribution in [0.15, 0.2) is 29.1 Å². The molecule has 1 atom stereocenters. The Labute approximate surface area is 215 Å². The third kappa shape index (κ3) is 3.24. The van der Waals surface area contributed by atoms with Gasteiger partial charge < -0.3 is 19.5 Å². The van der Waals surface area contributed by atoms with Crippen LogP contribution in [0.3, 0.4) is 0 Å². The van der Waals surface area contributed by atoms with Crippen LogP contribution in [0.25, 0.3) is 22.3 Å². The van der Waals surface area contributed by atoms with Gasteiger partial charge in [0.15, 0.2) is 5.60 Å². The van der Waals surface area contributed by atoms with Crippen molar-refractivity contribution in [1.82, 2.24) is 9.55 Å². The van der Waals surface area contributed by atoms with Crippen molar-refractivity contribution < 1.29 is 63.8 Å². The van der Waals surface area contributed by atoms with E-state index in [1.165, 1.54) is 6.92 Å². The van der Waals surface area contributed by atoms with Crippen LogP contribution in [0.5, 0.6) is 5.75 Å². The summed E-state index contributed by atoms with van der Waals surface area (Å²) in [5, 5.41) is 22.9. The molecular weight excluding hydrogens is 627 g/mol. The molecule has 0 bridgehead atoms. The first-order valence-electron chi connectivity index (χ1n) is 9.83. The van der Waals surface area contributed by atoms with E-state index in [2.05, 4.69) is 19.6 Å². The van der Waals surface area contributed by atoms with Crippen molar-refractivity contribution in [2.75, 3.05) is 0 Å². The van der Waals surface area contributed by atoms with Gasteiger partial charge in [0, 0.05) is 55.0 Å². The molecule has 1 radical (unpaired) electrons. The molecule has 9 heteroatoms. The molecule has 5 rings (SSSR count). The molecule has 157 valence electrons. The maximum atomic E-state index is 13.3. The Morgan fingerprint density at radius 3 is 2.55 bits per heavy atom. The summed E-state index contributed by atoms with van der Waals surface area (Å²) < 4.78 is 6.70. The minimum absolute atomic E-state index is 0. The second kappa shape index (κ2) is 7.24. The average molecular weight is 650 g/mol. The smallest absolute Gasteiger partial charge is 0.342 e. The van der Waals surface area contributed by atoms with Gasteiger partial charge in [-0.05, 0) is 41.9 Å². The molecule has 0 aliphatic carbocycles. The summed E-state index contributed by atoms with van der Waals surface area (Å²) in [6, 6.07) is 6.83. The predicted octanol–water partition coefficient (Wildman–Crippen LogP) is 1.94. The molecule has 0 fully saturated rings. The molecule has 4 heterocycles. The number of pyridine rings is 2. The molecule has 3 aromatic rings. The zero-order valence-corrected chi connectivity index (χ0v) is 23.6. The van der Waals surface area contributed by atoms with E-state index in [1.807, 2.05) is 0 Å². The number of cyclic esters (lactones) is 1. The molecule has 0 saturated carbocycles. The fraction of sp³-hybridized carbons (Fsp3) is 0.318. The minimum Gasteiger partial charge on any atom is -0.508 e. The SMILES string of the molecule is C[C@@]1(O)C(=O)OCc2c1cc1n(c2=O)Cc2c-1nc1ccc(O)cc1c2[Si](C)(C)C.[Ac]. The molecular formula is C22H22AcN2O5Si. The zero-order valence-electron chi connectivity index (χ0n) is 17.8. The van der Waals surface area contributed by atoms with Crippen molar-refractivity contribution in [1.29, 1.82) is 0 Å². The Kier molecular flexibility index (Phi) is 5.29. The van der Waals surface area contributed by atoms with Crippen LogP contribution in [0.1, 0.15) is 23.6 Å². The van der Waals surface area contributed by atoms with Crippen molar-refractivity contribution in [3.63, 3.8) is 0 Å². The summed E-state index contributed by atoms with van der Waals surface area (Å²) in [6.07, 6.45) is 0. The number of fused-ring (bicyclic) bond motifs is 5. The summed E-state index contributed by atoms with van der Waals surface area (Å²) in [6.45, 7) is 8.24. The molecule has 1 aromatic carbocycles. The summed E-state index contributed by atoms with van der Waals surface area (Å²) in [5.74, 6) is -0.582. The van der Waals surface area contributed by atoms with E-state index >= 15 is 0 Å². The van der Waals surface area contributed by atoms with Gasteiger partial charge in [0.2, 0.25) is 0 Å². The standard InChI is InChI=1S/C22H22N2O5Si.Ac/c1-22(28)15-8-17-18-13(9-24(17)20(26)14(15)10-29-21(22)27)19(30(2,3)4)12-7-11(25)5-6-16(12)23-18;/h5-8,25,28H,9-10H2,1-4H3;/t22-;/m0./s1. The Balaban J connectivity index is 0.00000231. The average Bonchev–Trinajstić information content (AvgIpc) is 3.01. The van der Waals surface area contributed by atoms with Crippen LogP contribution in [0, 0.1) is 44.1 Å². The van der Waals surface area contributed by atoms with Crippen molar-refractivity contribution in [2.24, 2.45) is 0 Å². The number of carbonyl (C=O) groups is 1. The van der Waals surface area contributed by atoms with Crippen LogP contribution >= 0.6 is 0 Å². The molecule has 2 N–H and O–H groups in total.